The summed E-state index contributed by atoms with van der Waals surface area (Å²) in [6.07, 6.45) is 1.30. The Morgan fingerprint density at radius 3 is 2.88 bits per heavy atom. The van der Waals surface area contributed by atoms with E-state index < -0.39 is 5.97 Å². The molecule has 0 radical (unpaired) electrons. The fourth-order valence-corrected chi connectivity index (χ4v) is 1.53. The SMILES string of the molecule is Nc1cc(C(=O)O)ccc1NCC1CCO1. The van der Waals surface area contributed by atoms with Crippen molar-refractivity contribution < 1.29 is 14.6 Å². The highest BCUT2D eigenvalue weighted by molar-refractivity contribution is 5.90. The molecule has 1 saturated heterocycles. The number of ether oxygens (including phenoxy) is 1. The van der Waals surface area contributed by atoms with E-state index in [-0.39, 0.29) is 11.7 Å². The molecule has 0 amide bonds. The summed E-state index contributed by atoms with van der Waals surface area (Å²) in [4.78, 5) is 10.7. The highest BCUT2D eigenvalue weighted by Gasteiger charge is 2.17. The third-order valence-electron chi connectivity index (χ3n) is 2.61. The van der Waals surface area contributed by atoms with E-state index in [1.165, 1.54) is 12.1 Å². The minimum atomic E-state index is -0.972. The molecule has 0 bridgehead atoms. The Morgan fingerprint density at radius 2 is 2.38 bits per heavy atom. The average Bonchev–Trinajstić information content (AvgIpc) is 2.17. The summed E-state index contributed by atoms with van der Waals surface area (Å²) in [7, 11) is 0. The van der Waals surface area contributed by atoms with Crippen molar-refractivity contribution in [3.8, 4) is 0 Å². The molecular formula is C11H14N2O3. The van der Waals surface area contributed by atoms with E-state index in [1.54, 1.807) is 6.07 Å². The predicted molar refractivity (Wildman–Crippen MR) is 60.7 cm³/mol. The molecule has 1 atom stereocenters. The number of nitrogens with one attached hydrogen (secondary N) is 1. The number of nitrogen functional groups attached to an aromatic ring is 1. The molecule has 5 nitrogen and oxygen atoms in total. The minimum absolute atomic E-state index is 0.197. The number of carbonyl (C=O) groups is 1. The molecule has 0 aliphatic carbocycles. The first-order valence-electron chi connectivity index (χ1n) is 5.15. The highest BCUT2D eigenvalue weighted by atomic mass is 16.5. The van der Waals surface area contributed by atoms with E-state index in [2.05, 4.69) is 5.32 Å². The molecule has 1 aliphatic rings. The predicted octanol–water partition coefficient (Wildman–Crippen LogP) is 1.17. The Bertz CT molecular complexity index is 402. The molecule has 1 heterocycles. The maximum absolute atomic E-state index is 10.7. The van der Waals surface area contributed by atoms with Crippen LogP contribution in [0.15, 0.2) is 18.2 Å². The van der Waals surface area contributed by atoms with Gasteiger partial charge in [-0.1, -0.05) is 0 Å². The van der Waals surface area contributed by atoms with Crippen molar-refractivity contribution in [3.63, 3.8) is 0 Å². The molecule has 0 spiro atoms. The van der Waals surface area contributed by atoms with Crippen LogP contribution < -0.4 is 11.1 Å². The third-order valence-corrected chi connectivity index (χ3v) is 2.61. The van der Waals surface area contributed by atoms with Gasteiger partial charge in [0.1, 0.15) is 0 Å². The Labute approximate surface area is 93.2 Å². The second-order valence-corrected chi connectivity index (χ2v) is 3.77. The van der Waals surface area contributed by atoms with Gasteiger partial charge in [0.25, 0.3) is 0 Å². The van der Waals surface area contributed by atoms with Gasteiger partial charge in [0.05, 0.1) is 23.0 Å². The van der Waals surface area contributed by atoms with E-state index in [9.17, 15) is 4.79 Å². The Kier molecular flexibility index (Phi) is 2.96. The molecule has 16 heavy (non-hydrogen) atoms. The lowest BCUT2D eigenvalue weighted by molar-refractivity contribution is -0.0410. The van der Waals surface area contributed by atoms with E-state index in [0.717, 1.165) is 18.7 Å². The largest absolute Gasteiger partial charge is 0.478 e. The van der Waals surface area contributed by atoms with Crippen molar-refractivity contribution in [2.24, 2.45) is 0 Å². The summed E-state index contributed by atoms with van der Waals surface area (Å²) in [5, 5.41) is 11.9. The Morgan fingerprint density at radius 1 is 1.62 bits per heavy atom. The number of carboxylic acids is 1. The van der Waals surface area contributed by atoms with Gasteiger partial charge in [-0.15, -0.1) is 0 Å². The summed E-state index contributed by atoms with van der Waals surface area (Å²) in [5.41, 5.74) is 7.13. The normalized spacial score (nSPS) is 18.9. The summed E-state index contributed by atoms with van der Waals surface area (Å²) < 4.78 is 5.26. The van der Waals surface area contributed by atoms with Gasteiger partial charge in [0.15, 0.2) is 0 Å². The fourth-order valence-electron chi connectivity index (χ4n) is 1.53. The second-order valence-electron chi connectivity index (χ2n) is 3.77. The van der Waals surface area contributed by atoms with Gasteiger partial charge in [0.2, 0.25) is 0 Å². The summed E-state index contributed by atoms with van der Waals surface area (Å²) >= 11 is 0. The second kappa shape index (κ2) is 4.40. The van der Waals surface area contributed by atoms with Gasteiger partial charge in [0, 0.05) is 13.2 Å². The average molecular weight is 222 g/mol. The van der Waals surface area contributed by atoms with E-state index in [4.69, 9.17) is 15.6 Å². The zero-order valence-electron chi connectivity index (χ0n) is 8.77. The molecule has 0 aromatic heterocycles. The van der Waals surface area contributed by atoms with Gasteiger partial charge in [-0.05, 0) is 24.6 Å². The van der Waals surface area contributed by atoms with Crippen molar-refractivity contribution in [2.75, 3.05) is 24.2 Å². The van der Waals surface area contributed by atoms with Gasteiger partial charge >= 0.3 is 5.97 Å². The molecule has 86 valence electrons. The lowest BCUT2D eigenvalue weighted by atomic mass is 10.1. The fraction of sp³-hybridized carbons (Fsp3) is 0.364. The van der Waals surface area contributed by atoms with Crippen LogP contribution in [0.3, 0.4) is 0 Å². The van der Waals surface area contributed by atoms with Crippen LogP contribution in [0.4, 0.5) is 11.4 Å². The summed E-state index contributed by atoms with van der Waals surface area (Å²) in [5.74, 6) is -0.972. The molecule has 1 aliphatic heterocycles. The Balaban J connectivity index is 2.00. The van der Waals surface area contributed by atoms with Crippen molar-refractivity contribution in [3.05, 3.63) is 23.8 Å². The quantitative estimate of drug-likeness (QED) is 0.666. The topological polar surface area (TPSA) is 84.6 Å². The first kappa shape index (κ1) is 10.8. The smallest absolute Gasteiger partial charge is 0.335 e. The molecule has 1 unspecified atom stereocenters. The van der Waals surface area contributed by atoms with Crippen LogP contribution in [0, 0.1) is 0 Å². The molecule has 5 heteroatoms. The zero-order valence-corrected chi connectivity index (χ0v) is 8.77. The van der Waals surface area contributed by atoms with E-state index in [1.807, 2.05) is 0 Å². The number of benzene rings is 1. The number of rotatable bonds is 4. The number of hydrogen-bond acceptors (Lipinski definition) is 4. The first-order chi connectivity index (χ1) is 7.66. The number of carboxylic acid groups (broad SMARTS) is 1. The Hall–Kier alpha value is -1.75. The lowest BCUT2D eigenvalue weighted by Gasteiger charge is -2.27. The molecular weight excluding hydrogens is 208 g/mol. The van der Waals surface area contributed by atoms with Crippen LogP contribution in [-0.4, -0.2) is 30.3 Å². The molecule has 2 rings (SSSR count). The lowest BCUT2D eigenvalue weighted by Crippen LogP contribution is -2.33. The van der Waals surface area contributed by atoms with Crippen LogP contribution in [0.5, 0.6) is 0 Å². The highest BCUT2D eigenvalue weighted by Crippen LogP contribution is 2.21. The van der Waals surface area contributed by atoms with Crippen molar-refractivity contribution in [2.45, 2.75) is 12.5 Å². The minimum Gasteiger partial charge on any atom is -0.478 e. The maximum atomic E-state index is 10.7. The molecule has 0 saturated carbocycles. The number of hydrogen-bond donors (Lipinski definition) is 3. The van der Waals surface area contributed by atoms with Crippen LogP contribution in [0.25, 0.3) is 0 Å². The van der Waals surface area contributed by atoms with Gasteiger partial charge in [-0.2, -0.15) is 0 Å². The van der Waals surface area contributed by atoms with Crippen LogP contribution >= 0.6 is 0 Å². The van der Waals surface area contributed by atoms with E-state index >= 15 is 0 Å². The maximum Gasteiger partial charge on any atom is 0.335 e. The standard InChI is InChI=1S/C11H14N2O3/c12-9-5-7(11(14)15)1-2-10(9)13-6-8-3-4-16-8/h1-2,5,8,13H,3-4,6,12H2,(H,14,15). The van der Waals surface area contributed by atoms with Gasteiger partial charge in [-0.3, -0.25) is 0 Å². The number of nitrogens with two attached hydrogens (primary N) is 1. The van der Waals surface area contributed by atoms with Crippen LogP contribution in [0.1, 0.15) is 16.8 Å². The van der Waals surface area contributed by atoms with Crippen LogP contribution in [-0.2, 0) is 4.74 Å². The summed E-state index contributed by atoms with van der Waals surface area (Å²) in [6, 6.07) is 4.66. The number of aromatic carboxylic acids is 1. The van der Waals surface area contributed by atoms with Crippen molar-refractivity contribution in [1.82, 2.24) is 0 Å². The third kappa shape index (κ3) is 2.25. The monoisotopic (exact) mass is 222 g/mol. The van der Waals surface area contributed by atoms with Gasteiger partial charge in [-0.25, -0.2) is 4.79 Å². The molecule has 1 fully saturated rings. The van der Waals surface area contributed by atoms with Gasteiger partial charge < -0.3 is 20.9 Å². The van der Waals surface area contributed by atoms with Crippen molar-refractivity contribution >= 4 is 17.3 Å². The van der Waals surface area contributed by atoms with Crippen LogP contribution in [0.2, 0.25) is 0 Å². The molecule has 1 aromatic carbocycles. The number of anilines is 2. The zero-order chi connectivity index (χ0) is 11.5. The summed E-state index contributed by atoms with van der Waals surface area (Å²) in [6.45, 7) is 1.52. The van der Waals surface area contributed by atoms with E-state index in [0.29, 0.717) is 12.2 Å². The first-order valence-corrected chi connectivity index (χ1v) is 5.15. The molecule has 1 aromatic rings. The van der Waals surface area contributed by atoms with Crippen molar-refractivity contribution in [1.29, 1.82) is 0 Å². The molecule has 4 N–H and O–H groups in total.